The van der Waals surface area contributed by atoms with Crippen LogP contribution < -0.4 is 14.4 Å². The smallest absolute Gasteiger partial charge is 0.243 e. The van der Waals surface area contributed by atoms with Crippen LogP contribution in [0, 0.1) is 0 Å². The predicted molar refractivity (Wildman–Crippen MR) is 178 cm³/mol. The Morgan fingerprint density at radius 2 is 1.57 bits per heavy atom. The van der Waals surface area contributed by atoms with Crippen LogP contribution in [0.4, 0.5) is 5.69 Å². The van der Waals surface area contributed by atoms with Crippen molar-refractivity contribution in [2.24, 2.45) is 0 Å². The number of nitrogens with one attached hydrogen (secondary N) is 1. The van der Waals surface area contributed by atoms with Gasteiger partial charge in [-0.1, -0.05) is 66.5 Å². The van der Waals surface area contributed by atoms with Crippen LogP contribution in [0.1, 0.15) is 51.2 Å². The van der Waals surface area contributed by atoms with Gasteiger partial charge in [0.15, 0.2) is 0 Å². The maximum absolute atomic E-state index is 14.0. The number of amides is 2. The van der Waals surface area contributed by atoms with Gasteiger partial charge in [0.2, 0.25) is 21.8 Å². The number of halogens is 2. The molecule has 2 amide bonds. The molecule has 11 heteroatoms. The molecule has 3 rings (SSSR count). The summed E-state index contributed by atoms with van der Waals surface area (Å²) in [5.74, 6) is 0.0297. The topological polar surface area (TPSA) is 96.0 Å². The number of carbonyl (C=O) groups excluding carboxylic acids is 2. The van der Waals surface area contributed by atoms with Crippen LogP contribution in [0.5, 0.6) is 5.75 Å². The molecule has 0 aliphatic heterocycles. The largest absolute Gasteiger partial charge is 0.494 e. The van der Waals surface area contributed by atoms with E-state index in [-0.39, 0.29) is 50.2 Å². The Morgan fingerprint density at radius 1 is 0.932 bits per heavy atom. The average Bonchev–Trinajstić information content (AvgIpc) is 2.98. The molecule has 0 aliphatic rings. The molecule has 0 fully saturated rings. The monoisotopic (exact) mass is 661 g/mol. The van der Waals surface area contributed by atoms with Crippen molar-refractivity contribution >= 4 is 50.7 Å². The van der Waals surface area contributed by atoms with E-state index in [9.17, 15) is 18.0 Å². The van der Waals surface area contributed by atoms with E-state index in [1.165, 1.54) is 9.21 Å². The molecule has 0 heterocycles. The summed E-state index contributed by atoms with van der Waals surface area (Å²) in [4.78, 5) is 29.3. The lowest BCUT2D eigenvalue weighted by Gasteiger charge is -2.33. The van der Waals surface area contributed by atoms with Crippen LogP contribution in [0.15, 0.2) is 72.8 Å². The Hall–Kier alpha value is -3.27. The maximum Gasteiger partial charge on any atom is 0.243 e. The molecule has 0 saturated carbocycles. The summed E-state index contributed by atoms with van der Waals surface area (Å²) in [5, 5.41) is 3.80. The highest BCUT2D eigenvalue weighted by Crippen LogP contribution is 2.28. The molecule has 8 nitrogen and oxygen atoms in total. The lowest BCUT2D eigenvalue weighted by Crippen LogP contribution is -2.52. The third-order valence-corrected chi connectivity index (χ3v) is 9.15. The molecule has 0 aromatic heterocycles. The van der Waals surface area contributed by atoms with Crippen molar-refractivity contribution in [2.45, 2.75) is 65.1 Å². The number of carbonyl (C=O) groups is 2. The van der Waals surface area contributed by atoms with Gasteiger partial charge in [0, 0.05) is 47.6 Å². The molecule has 3 aromatic rings. The van der Waals surface area contributed by atoms with Gasteiger partial charge in [-0.25, -0.2) is 8.42 Å². The van der Waals surface area contributed by atoms with Crippen molar-refractivity contribution in [3.8, 4) is 5.75 Å². The van der Waals surface area contributed by atoms with Gasteiger partial charge in [0.05, 0.1) is 18.6 Å². The first-order chi connectivity index (χ1) is 20.9. The van der Waals surface area contributed by atoms with Gasteiger partial charge < -0.3 is 15.0 Å². The zero-order valence-electron chi connectivity index (χ0n) is 25.6. The summed E-state index contributed by atoms with van der Waals surface area (Å²) in [6.07, 6.45) is 2.34. The first kappa shape index (κ1) is 35.2. The van der Waals surface area contributed by atoms with E-state index in [1.54, 1.807) is 42.5 Å². The van der Waals surface area contributed by atoms with Gasteiger partial charge in [-0.2, -0.15) is 0 Å². The van der Waals surface area contributed by atoms with Crippen molar-refractivity contribution in [3.63, 3.8) is 0 Å². The summed E-state index contributed by atoms with van der Waals surface area (Å²) in [5.41, 5.74) is 1.89. The van der Waals surface area contributed by atoms with Crippen molar-refractivity contribution in [3.05, 3.63) is 94.0 Å². The standard InChI is InChI=1S/C33H41Cl2N3O5S/c1-5-24(3)36-33(40)31(22-25-12-8-7-9-13-25)37(23-28-29(34)14-10-15-30(28)35)32(39)16-11-21-38(44(4,41)42)26-17-19-27(20-18-26)43-6-2/h7-10,12-15,17-20,24,31H,5-6,11,16,21-23H2,1-4H3,(H,36,40)/t24-,31+/m1/s1. The van der Waals surface area contributed by atoms with E-state index in [4.69, 9.17) is 27.9 Å². The third kappa shape index (κ3) is 10.1. The fourth-order valence-electron chi connectivity index (χ4n) is 4.73. The normalized spacial score (nSPS) is 12.7. The second kappa shape index (κ2) is 16.7. The van der Waals surface area contributed by atoms with Gasteiger partial charge in [0.25, 0.3) is 0 Å². The molecule has 3 aromatic carbocycles. The van der Waals surface area contributed by atoms with Gasteiger partial charge in [-0.05, 0) is 68.7 Å². The number of hydrogen-bond donors (Lipinski definition) is 1. The van der Waals surface area contributed by atoms with Crippen LogP contribution >= 0.6 is 23.2 Å². The Balaban J connectivity index is 1.91. The summed E-state index contributed by atoms with van der Waals surface area (Å²) in [6.45, 7) is 6.33. The van der Waals surface area contributed by atoms with E-state index in [2.05, 4.69) is 5.32 Å². The Labute approximate surface area is 271 Å². The van der Waals surface area contributed by atoms with Gasteiger partial charge in [0.1, 0.15) is 11.8 Å². The molecular formula is C33H41Cl2N3O5S. The predicted octanol–water partition coefficient (Wildman–Crippen LogP) is 6.49. The number of rotatable bonds is 16. The number of hydrogen-bond acceptors (Lipinski definition) is 5. The van der Waals surface area contributed by atoms with E-state index >= 15 is 0 Å². The van der Waals surface area contributed by atoms with E-state index in [0.29, 0.717) is 33.7 Å². The third-order valence-electron chi connectivity index (χ3n) is 7.25. The molecular weight excluding hydrogens is 621 g/mol. The fraction of sp³-hybridized carbons (Fsp3) is 0.394. The molecule has 0 bridgehead atoms. The SMILES string of the molecule is CCOc1ccc(N(CCCC(=O)N(Cc2c(Cl)cccc2Cl)[C@@H](Cc2ccccc2)C(=O)N[C@H](C)CC)S(C)(=O)=O)cc1. The summed E-state index contributed by atoms with van der Waals surface area (Å²) in [7, 11) is -3.64. The zero-order valence-corrected chi connectivity index (χ0v) is 28.0. The highest BCUT2D eigenvalue weighted by Gasteiger charge is 2.32. The highest BCUT2D eigenvalue weighted by atomic mass is 35.5. The summed E-state index contributed by atoms with van der Waals surface area (Å²) in [6, 6.07) is 20.4. The molecule has 2 atom stereocenters. The van der Waals surface area contributed by atoms with E-state index in [1.807, 2.05) is 51.1 Å². The molecule has 0 aliphatic carbocycles. The summed E-state index contributed by atoms with van der Waals surface area (Å²) >= 11 is 13.0. The highest BCUT2D eigenvalue weighted by molar-refractivity contribution is 7.92. The maximum atomic E-state index is 14.0. The minimum Gasteiger partial charge on any atom is -0.494 e. The minimum atomic E-state index is -3.64. The van der Waals surface area contributed by atoms with Crippen LogP contribution in [0.25, 0.3) is 0 Å². The number of anilines is 1. The van der Waals surface area contributed by atoms with Crippen molar-refractivity contribution in [2.75, 3.05) is 23.7 Å². The number of ether oxygens (including phenoxy) is 1. The lowest BCUT2D eigenvalue weighted by molar-refractivity contribution is -0.141. The first-order valence-corrected chi connectivity index (χ1v) is 17.3. The number of benzene rings is 3. The van der Waals surface area contributed by atoms with Gasteiger partial charge >= 0.3 is 0 Å². The molecule has 0 spiro atoms. The van der Waals surface area contributed by atoms with Gasteiger partial charge in [-0.15, -0.1) is 0 Å². The molecule has 0 saturated heterocycles. The Morgan fingerprint density at radius 3 is 2.14 bits per heavy atom. The summed E-state index contributed by atoms with van der Waals surface area (Å²) < 4.78 is 32.2. The van der Waals surface area contributed by atoms with Crippen LogP contribution in [0.3, 0.4) is 0 Å². The molecule has 0 radical (unpaired) electrons. The first-order valence-electron chi connectivity index (χ1n) is 14.7. The quantitative estimate of drug-likeness (QED) is 0.189. The van der Waals surface area contributed by atoms with Crippen LogP contribution in [0.2, 0.25) is 10.0 Å². The molecule has 238 valence electrons. The minimum absolute atomic E-state index is 0.00692. The molecule has 44 heavy (non-hydrogen) atoms. The average molecular weight is 663 g/mol. The number of sulfonamides is 1. The lowest BCUT2D eigenvalue weighted by atomic mass is 10.0. The van der Waals surface area contributed by atoms with Crippen molar-refractivity contribution in [1.29, 1.82) is 0 Å². The molecule has 1 N–H and O–H groups in total. The number of nitrogens with zero attached hydrogens (tertiary/aromatic N) is 2. The Bertz CT molecular complexity index is 1470. The van der Waals surface area contributed by atoms with Crippen LogP contribution in [-0.2, 0) is 32.6 Å². The van der Waals surface area contributed by atoms with E-state index in [0.717, 1.165) is 18.2 Å². The van der Waals surface area contributed by atoms with Crippen molar-refractivity contribution < 1.29 is 22.7 Å². The second-order valence-electron chi connectivity index (χ2n) is 10.6. The van der Waals surface area contributed by atoms with Crippen LogP contribution in [-0.4, -0.2) is 56.6 Å². The van der Waals surface area contributed by atoms with Crippen molar-refractivity contribution in [1.82, 2.24) is 10.2 Å². The Kier molecular flexibility index (Phi) is 13.4. The zero-order chi connectivity index (χ0) is 32.3. The second-order valence-corrected chi connectivity index (χ2v) is 13.3. The van der Waals surface area contributed by atoms with Gasteiger partial charge in [-0.3, -0.25) is 13.9 Å². The fourth-order valence-corrected chi connectivity index (χ4v) is 6.21. The van der Waals surface area contributed by atoms with E-state index < -0.39 is 16.1 Å². The molecule has 0 unspecified atom stereocenters.